The van der Waals surface area contributed by atoms with Crippen molar-refractivity contribution in [1.29, 1.82) is 0 Å². The van der Waals surface area contributed by atoms with Gasteiger partial charge in [0.1, 0.15) is 11.5 Å². The molecule has 0 saturated carbocycles. The molecule has 0 heterocycles. The highest BCUT2D eigenvalue weighted by Gasteiger charge is 2.02. The van der Waals surface area contributed by atoms with E-state index >= 15 is 0 Å². The average molecular weight is 236 g/mol. The van der Waals surface area contributed by atoms with Crippen molar-refractivity contribution in [3.63, 3.8) is 0 Å². The van der Waals surface area contributed by atoms with Gasteiger partial charge in [0.05, 0.1) is 6.61 Å². The number of rotatable bonds is 7. The van der Waals surface area contributed by atoms with Crippen molar-refractivity contribution >= 4 is 0 Å². The van der Waals surface area contributed by atoms with E-state index in [0.717, 1.165) is 12.2 Å². The molecule has 0 aliphatic heterocycles. The zero-order valence-corrected chi connectivity index (χ0v) is 10.5. The van der Waals surface area contributed by atoms with Gasteiger partial charge in [0.25, 0.3) is 0 Å². The normalized spacial score (nSPS) is 11.9. The van der Waals surface area contributed by atoms with Crippen LogP contribution in [0.1, 0.15) is 31.7 Å². The summed E-state index contributed by atoms with van der Waals surface area (Å²) in [6, 6.07) is 7.97. The molecule has 0 spiro atoms. The minimum Gasteiger partial charge on any atom is -0.460 e. The van der Waals surface area contributed by atoms with Gasteiger partial charge in [-0.2, -0.15) is 0 Å². The lowest BCUT2D eigenvalue weighted by Crippen LogP contribution is -2.04. The number of benzene rings is 1. The van der Waals surface area contributed by atoms with Gasteiger partial charge in [0.2, 0.25) is 6.79 Å². The zero-order chi connectivity index (χ0) is 12.7. The summed E-state index contributed by atoms with van der Waals surface area (Å²) in [4.78, 5) is 0. The molecule has 0 aliphatic rings. The first-order valence-corrected chi connectivity index (χ1v) is 5.81. The second-order valence-corrected chi connectivity index (χ2v) is 3.98. The van der Waals surface area contributed by atoms with Crippen LogP contribution in [0, 0.1) is 0 Å². The lowest BCUT2D eigenvalue weighted by molar-refractivity contribution is 0.0458. The molecule has 1 N–H and O–H groups in total. The van der Waals surface area contributed by atoms with Crippen LogP contribution in [-0.4, -0.2) is 18.5 Å². The molecule has 0 fully saturated rings. The van der Waals surface area contributed by atoms with Gasteiger partial charge in [-0.05, 0) is 30.0 Å². The van der Waals surface area contributed by atoms with Crippen molar-refractivity contribution in [2.45, 2.75) is 26.2 Å². The lowest BCUT2D eigenvalue weighted by atomic mass is 9.99. The third-order valence-electron chi connectivity index (χ3n) is 2.73. The van der Waals surface area contributed by atoms with Crippen LogP contribution in [0.2, 0.25) is 0 Å². The van der Waals surface area contributed by atoms with Crippen LogP contribution in [0.15, 0.2) is 36.6 Å². The van der Waals surface area contributed by atoms with Gasteiger partial charge in [-0.3, -0.25) is 0 Å². The second-order valence-electron chi connectivity index (χ2n) is 3.98. The Morgan fingerprint density at radius 1 is 1.35 bits per heavy atom. The molecule has 0 radical (unpaired) electrons. The highest BCUT2D eigenvalue weighted by Crippen LogP contribution is 2.21. The van der Waals surface area contributed by atoms with Crippen LogP contribution in [0.4, 0.5) is 0 Å². The summed E-state index contributed by atoms with van der Waals surface area (Å²) >= 11 is 0. The van der Waals surface area contributed by atoms with Crippen LogP contribution in [0.5, 0.6) is 5.75 Å². The molecule has 0 amide bonds. The summed E-state index contributed by atoms with van der Waals surface area (Å²) < 4.78 is 10.4. The van der Waals surface area contributed by atoms with Gasteiger partial charge >= 0.3 is 0 Å². The van der Waals surface area contributed by atoms with E-state index in [1.165, 1.54) is 5.56 Å². The summed E-state index contributed by atoms with van der Waals surface area (Å²) in [7, 11) is 0. The first-order chi connectivity index (χ1) is 8.17. The Bertz CT molecular complexity index is 343. The van der Waals surface area contributed by atoms with E-state index < -0.39 is 0 Å². The highest BCUT2D eigenvalue weighted by atomic mass is 16.7. The summed E-state index contributed by atoms with van der Waals surface area (Å²) in [5.41, 5.74) is 1.31. The Labute approximate surface area is 103 Å². The van der Waals surface area contributed by atoms with E-state index in [0.29, 0.717) is 11.7 Å². The van der Waals surface area contributed by atoms with E-state index in [2.05, 4.69) is 32.6 Å². The third kappa shape index (κ3) is 4.49. The maximum Gasteiger partial charge on any atom is 0.230 e. The molecule has 0 aromatic heterocycles. The molecule has 1 unspecified atom stereocenters. The number of ether oxygens (including phenoxy) is 2. The van der Waals surface area contributed by atoms with Crippen molar-refractivity contribution < 1.29 is 14.6 Å². The van der Waals surface area contributed by atoms with Crippen LogP contribution >= 0.6 is 0 Å². The lowest BCUT2D eigenvalue weighted by Gasteiger charge is -2.11. The fourth-order valence-corrected chi connectivity index (χ4v) is 1.35. The Balaban J connectivity index is 2.43. The zero-order valence-electron chi connectivity index (χ0n) is 10.5. The van der Waals surface area contributed by atoms with Crippen molar-refractivity contribution in [3.8, 4) is 5.75 Å². The molecule has 1 aromatic rings. The van der Waals surface area contributed by atoms with E-state index in [-0.39, 0.29) is 13.4 Å². The largest absolute Gasteiger partial charge is 0.460 e. The Morgan fingerprint density at radius 2 is 2.00 bits per heavy atom. The first kappa shape index (κ1) is 13.6. The van der Waals surface area contributed by atoms with Crippen LogP contribution in [0.3, 0.4) is 0 Å². The third-order valence-corrected chi connectivity index (χ3v) is 2.73. The summed E-state index contributed by atoms with van der Waals surface area (Å²) in [5, 5.41) is 8.68. The van der Waals surface area contributed by atoms with Crippen LogP contribution < -0.4 is 4.74 Å². The topological polar surface area (TPSA) is 38.7 Å². The van der Waals surface area contributed by atoms with E-state index in [9.17, 15) is 0 Å². The Kier molecular flexibility index (Phi) is 5.57. The van der Waals surface area contributed by atoms with Crippen molar-refractivity contribution in [3.05, 3.63) is 42.2 Å². The Morgan fingerprint density at radius 3 is 2.53 bits per heavy atom. The predicted octanol–water partition coefficient (Wildman–Crippen LogP) is 3.06. The van der Waals surface area contributed by atoms with Gasteiger partial charge in [-0.15, -0.1) is 0 Å². The molecule has 1 atom stereocenters. The van der Waals surface area contributed by atoms with Crippen LogP contribution in [0.25, 0.3) is 0 Å². The van der Waals surface area contributed by atoms with E-state index in [1.807, 2.05) is 12.1 Å². The molecule has 0 bridgehead atoms. The van der Waals surface area contributed by atoms with Crippen molar-refractivity contribution in [2.75, 3.05) is 13.4 Å². The van der Waals surface area contributed by atoms with Gasteiger partial charge in [-0.1, -0.05) is 32.6 Å². The molecule has 0 aliphatic carbocycles. The molecule has 1 aromatic carbocycles. The van der Waals surface area contributed by atoms with Crippen molar-refractivity contribution in [2.24, 2.45) is 0 Å². The van der Waals surface area contributed by atoms with E-state index in [4.69, 9.17) is 14.6 Å². The minimum atomic E-state index is -0.184. The predicted molar refractivity (Wildman–Crippen MR) is 68.0 cm³/mol. The molecular weight excluding hydrogens is 216 g/mol. The van der Waals surface area contributed by atoms with Gasteiger partial charge in [0, 0.05) is 0 Å². The number of aliphatic hydroxyl groups is 1. The monoisotopic (exact) mass is 236 g/mol. The second kappa shape index (κ2) is 6.97. The van der Waals surface area contributed by atoms with E-state index in [1.54, 1.807) is 0 Å². The molecular formula is C14H20O3. The number of hydrogen-bond donors (Lipinski definition) is 1. The first-order valence-electron chi connectivity index (χ1n) is 5.81. The molecule has 0 saturated heterocycles. The summed E-state index contributed by atoms with van der Waals surface area (Å²) in [6.45, 7) is 7.76. The maximum absolute atomic E-state index is 8.68. The van der Waals surface area contributed by atoms with Crippen molar-refractivity contribution in [1.82, 2.24) is 0 Å². The van der Waals surface area contributed by atoms with Gasteiger partial charge in [0.15, 0.2) is 0 Å². The highest BCUT2D eigenvalue weighted by molar-refractivity contribution is 5.29. The SMILES string of the molecule is C=C(CO)OCOc1ccc(C(C)CC)cc1. The van der Waals surface area contributed by atoms with Gasteiger partial charge < -0.3 is 14.6 Å². The van der Waals surface area contributed by atoms with Crippen LogP contribution in [-0.2, 0) is 4.74 Å². The number of hydrogen-bond acceptors (Lipinski definition) is 3. The summed E-state index contributed by atoms with van der Waals surface area (Å²) in [5.74, 6) is 1.62. The molecule has 1 rings (SSSR count). The Hall–Kier alpha value is -1.48. The van der Waals surface area contributed by atoms with Gasteiger partial charge in [-0.25, -0.2) is 0 Å². The fourth-order valence-electron chi connectivity index (χ4n) is 1.35. The quantitative estimate of drug-likeness (QED) is 0.584. The average Bonchev–Trinajstić information content (AvgIpc) is 2.38. The standard InChI is InChI=1S/C14H20O3/c1-4-11(2)13-5-7-14(8-6-13)17-10-16-12(3)9-15/h5-8,11,15H,3-4,9-10H2,1-2H3. The smallest absolute Gasteiger partial charge is 0.230 e. The minimum absolute atomic E-state index is 0.0715. The molecule has 17 heavy (non-hydrogen) atoms. The number of aliphatic hydroxyl groups excluding tert-OH is 1. The summed E-state index contributed by atoms with van der Waals surface area (Å²) in [6.07, 6.45) is 1.12. The molecule has 3 heteroatoms. The maximum atomic E-state index is 8.68. The molecule has 94 valence electrons. The fraction of sp³-hybridized carbons (Fsp3) is 0.429. The molecule has 3 nitrogen and oxygen atoms in total.